The van der Waals surface area contributed by atoms with Crippen molar-refractivity contribution in [2.24, 2.45) is 5.92 Å². The fourth-order valence-electron chi connectivity index (χ4n) is 3.26. The van der Waals surface area contributed by atoms with Gasteiger partial charge in [0.1, 0.15) is 11.5 Å². The predicted molar refractivity (Wildman–Crippen MR) is 111 cm³/mol. The minimum absolute atomic E-state index is 0.129. The Hall–Kier alpha value is -2.29. The number of benzene rings is 2. The van der Waals surface area contributed by atoms with E-state index in [-0.39, 0.29) is 17.3 Å². The first-order valence-electron chi connectivity index (χ1n) is 9.13. The Balaban J connectivity index is 1.70. The van der Waals surface area contributed by atoms with Crippen LogP contribution in [0, 0.1) is 5.92 Å². The fourth-order valence-corrected chi connectivity index (χ4v) is 5.04. The molecule has 1 saturated heterocycles. The van der Waals surface area contributed by atoms with Crippen LogP contribution in [0.4, 0.5) is 5.69 Å². The highest BCUT2D eigenvalue weighted by Gasteiger charge is 2.33. The largest absolute Gasteiger partial charge is 0.497 e. The van der Waals surface area contributed by atoms with Gasteiger partial charge < -0.3 is 14.8 Å². The lowest BCUT2D eigenvalue weighted by Gasteiger charge is -2.31. The SMILES string of the molecule is COc1ccc(S(=O)(=O)N2CCC[C@H](C(=O)Nc3ccc(OC)c(Cl)c3)C2)cc1. The Labute approximate surface area is 175 Å². The molecule has 156 valence electrons. The molecule has 1 aliphatic heterocycles. The third-order valence-corrected chi connectivity index (χ3v) is 7.05. The molecular formula is C20H23ClN2O5S. The van der Waals surface area contributed by atoms with Crippen molar-refractivity contribution in [2.45, 2.75) is 17.7 Å². The van der Waals surface area contributed by atoms with E-state index in [9.17, 15) is 13.2 Å². The van der Waals surface area contributed by atoms with E-state index in [0.717, 1.165) is 0 Å². The Morgan fingerprint density at radius 2 is 1.86 bits per heavy atom. The lowest BCUT2D eigenvalue weighted by molar-refractivity contribution is -0.120. The second kappa shape index (κ2) is 9.02. The first-order valence-corrected chi connectivity index (χ1v) is 11.0. The van der Waals surface area contributed by atoms with E-state index in [4.69, 9.17) is 21.1 Å². The van der Waals surface area contributed by atoms with Crippen LogP contribution in [0.15, 0.2) is 47.4 Å². The Bertz CT molecular complexity index is 979. The third kappa shape index (κ3) is 4.83. The van der Waals surface area contributed by atoms with Gasteiger partial charge in [-0.05, 0) is 55.3 Å². The average molecular weight is 439 g/mol. The molecule has 1 fully saturated rings. The van der Waals surface area contributed by atoms with Crippen molar-refractivity contribution in [3.05, 3.63) is 47.5 Å². The van der Waals surface area contributed by atoms with Crippen molar-refractivity contribution in [1.82, 2.24) is 4.31 Å². The molecular weight excluding hydrogens is 416 g/mol. The number of nitrogens with zero attached hydrogens (tertiary/aromatic N) is 1. The van der Waals surface area contributed by atoms with Crippen LogP contribution in [0.25, 0.3) is 0 Å². The Morgan fingerprint density at radius 1 is 1.14 bits per heavy atom. The molecule has 0 unspecified atom stereocenters. The van der Waals surface area contributed by atoms with Crippen LogP contribution in [0.5, 0.6) is 11.5 Å². The molecule has 0 saturated carbocycles. The standard InChI is InChI=1S/C20H23ClN2O5S/c1-27-16-6-8-17(9-7-16)29(25,26)23-11-3-4-14(13-23)20(24)22-15-5-10-19(28-2)18(21)12-15/h5-10,12,14H,3-4,11,13H2,1-2H3,(H,22,24)/t14-/m0/s1. The van der Waals surface area contributed by atoms with Gasteiger partial charge in [0, 0.05) is 18.8 Å². The van der Waals surface area contributed by atoms with Crippen LogP contribution in [-0.4, -0.2) is 45.9 Å². The zero-order valence-electron chi connectivity index (χ0n) is 16.2. The maximum atomic E-state index is 13.0. The number of carbonyl (C=O) groups is 1. The number of anilines is 1. The van der Waals surface area contributed by atoms with Crippen molar-refractivity contribution in [2.75, 3.05) is 32.6 Å². The topological polar surface area (TPSA) is 84.9 Å². The van der Waals surface area contributed by atoms with Crippen molar-refractivity contribution < 1.29 is 22.7 Å². The molecule has 2 aromatic rings. The number of sulfonamides is 1. The van der Waals surface area contributed by atoms with Crippen LogP contribution in [0.3, 0.4) is 0 Å². The highest BCUT2D eigenvalue weighted by molar-refractivity contribution is 7.89. The maximum absolute atomic E-state index is 13.0. The quantitative estimate of drug-likeness (QED) is 0.747. The molecule has 1 N–H and O–H groups in total. The monoisotopic (exact) mass is 438 g/mol. The number of piperidine rings is 1. The number of rotatable bonds is 6. The summed E-state index contributed by atoms with van der Waals surface area (Å²) < 4.78 is 37.4. The number of methoxy groups -OCH3 is 2. The summed E-state index contributed by atoms with van der Waals surface area (Å²) in [4.78, 5) is 12.9. The smallest absolute Gasteiger partial charge is 0.243 e. The minimum atomic E-state index is -3.68. The van der Waals surface area contributed by atoms with E-state index in [1.54, 1.807) is 30.3 Å². The van der Waals surface area contributed by atoms with Crippen LogP contribution in [0.1, 0.15) is 12.8 Å². The summed E-state index contributed by atoms with van der Waals surface area (Å²) in [6.07, 6.45) is 1.22. The van der Waals surface area contributed by atoms with Crippen LogP contribution in [-0.2, 0) is 14.8 Å². The molecule has 1 aliphatic rings. The molecule has 1 atom stereocenters. The van der Waals surface area contributed by atoms with Crippen molar-refractivity contribution >= 4 is 33.2 Å². The van der Waals surface area contributed by atoms with Crippen LogP contribution >= 0.6 is 11.6 Å². The van der Waals surface area contributed by atoms with Crippen molar-refractivity contribution in [1.29, 1.82) is 0 Å². The second-order valence-electron chi connectivity index (χ2n) is 6.72. The maximum Gasteiger partial charge on any atom is 0.243 e. The highest BCUT2D eigenvalue weighted by Crippen LogP contribution is 2.29. The molecule has 3 rings (SSSR count). The molecule has 1 amide bonds. The van der Waals surface area contributed by atoms with E-state index >= 15 is 0 Å². The first kappa shape index (κ1) is 21.4. The van der Waals surface area contributed by atoms with Gasteiger partial charge in [0.2, 0.25) is 15.9 Å². The molecule has 1 heterocycles. The van der Waals surface area contributed by atoms with Gasteiger partial charge >= 0.3 is 0 Å². The highest BCUT2D eigenvalue weighted by atomic mass is 35.5. The van der Waals surface area contributed by atoms with Gasteiger partial charge in [-0.15, -0.1) is 0 Å². The summed E-state index contributed by atoms with van der Waals surface area (Å²) in [7, 11) is -0.647. The zero-order valence-corrected chi connectivity index (χ0v) is 17.8. The minimum Gasteiger partial charge on any atom is -0.497 e. The normalized spacial score (nSPS) is 17.6. The summed E-state index contributed by atoms with van der Waals surface area (Å²) >= 11 is 6.10. The fraction of sp³-hybridized carbons (Fsp3) is 0.350. The number of amides is 1. The molecule has 29 heavy (non-hydrogen) atoms. The summed E-state index contributed by atoms with van der Waals surface area (Å²) in [5.41, 5.74) is 0.538. The van der Waals surface area contributed by atoms with E-state index in [2.05, 4.69) is 5.32 Å². The van der Waals surface area contributed by atoms with Crippen LogP contribution in [0.2, 0.25) is 5.02 Å². The number of hydrogen-bond donors (Lipinski definition) is 1. The molecule has 0 aliphatic carbocycles. The number of ether oxygens (including phenoxy) is 2. The lowest BCUT2D eigenvalue weighted by atomic mass is 9.98. The molecule has 0 aromatic heterocycles. The van der Waals surface area contributed by atoms with Gasteiger partial charge in [0.15, 0.2) is 0 Å². The van der Waals surface area contributed by atoms with E-state index in [1.807, 2.05) is 0 Å². The Kier molecular flexibility index (Phi) is 6.66. The summed E-state index contributed by atoms with van der Waals surface area (Å²) in [5.74, 6) is 0.413. The van der Waals surface area contributed by atoms with Gasteiger partial charge in [-0.25, -0.2) is 8.42 Å². The molecule has 7 nitrogen and oxygen atoms in total. The summed E-state index contributed by atoms with van der Waals surface area (Å²) in [5, 5.41) is 3.20. The molecule has 0 bridgehead atoms. The van der Waals surface area contributed by atoms with Crippen LogP contribution < -0.4 is 14.8 Å². The third-order valence-electron chi connectivity index (χ3n) is 4.87. The molecule has 9 heteroatoms. The van der Waals surface area contributed by atoms with Gasteiger partial charge in [-0.1, -0.05) is 11.6 Å². The average Bonchev–Trinajstić information content (AvgIpc) is 2.74. The first-order chi connectivity index (χ1) is 13.8. The predicted octanol–water partition coefficient (Wildman–Crippen LogP) is 3.40. The van der Waals surface area contributed by atoms with Gasteiger partial charge in [0.05, 0.1) is 30.1 Å². The summed E-state index contributed by atoms with van der Waals surface area (Å²) in [6, 6.07) is 11.2. The number of halogens is 1. The molecule has 0 spiro atoms. The van der Waals surface area contributed by atoms with Gasteiger partial charge in [-0.2, -0.15) is 4.31 Å². The van der Waals surface area contributed by atoms with Gasteiger partial charge in [0.25, 0.3) is 0 Å². The van der Waals surface area contributed by atoms with Crippen molar-refractivity contribution in [3.8, 4) is 11.5 Å². The number of carbonyl (C=O) groups excluding carboxylic acids is 1. The second-order valence-corrected chi connectivity index (χ2v) is 9.06. The Morgan fingerprint density at radius 3 is 2.48 bits per heavy atom. The molecule has 0 radical (unpaired) electrons. The van der Waals surface area contributed by atoms with E-state index in [0.29, 0.717) is 41.6 Å². The zero-order chi connectivity index (χ0) is 21.0. The summed E-state index contributed by atoms with van der Waals surface area (Å²) in [6.45, 7) is 0.511. The number of hydrogen-bond acceptors (Lipinski definition) is 5. The van der Waals surface area contributed by atoms with E-state index in [1.165, 1.54) is 30.7 Å². The van der Waals surface area contributed by atoms with E-state index < -0.39 is 15.9 Å². The van der Waals surface area contributed by atoms with Gasteiger partial charge in [-0.3, -0.25) is 4.79 Å². The molecule has 2 aromatic carbocycles. The lowest BCUT2D eigenvalue weighted by Crippen LogP contribution is -2.43. The van der Waals surface area contributed by atoms with Crippen molar-refractivity contribution in [3.63, 3.8) is 0 Å². The number of nitrogens with one attached hydrogen (secondary N) is 1.